The third-order valence-corrected chi connectivity index (χ3v) is 5.04. The molecule has 156 valence electrons. The van der Waals surface area contributed by atoms with Crippen molar-refractivity contribution in [3.05, 3.63) is 112 Å². The second kappa shape index (κ2) is 9.30. The van der Waals surface area contributed by atoms with Crippen LogP contribution in [0.1, 0.15) is 16.7 Å². The van der Waals surface area contributed by atoms with E-state index in [0.717, 1.165) is 11.1 Å². The van der Waals surface area contributed by atoms with Crippen LogP contribution in [0.2, 0.25) is 0 Å². The number of carbonyl (C=O) groups excluding carboxylic acids is 1. The predicted molar refractivity (Wildman–Crippen MR) is 120 cm³/mol. The van der Waals surface area contributed by atoms with Crippen molar-refractivity contribution < 1.29 is 13.9 Å². The van der Waals surface area contributed by atoms with Gasteiger partial charge in [-0.3, -0.25) is 9.59 Å². The second-order valence-corrected chi connectivity index (χ2v) is 7.43. The molecule has 0 aliphatic carbocycles. The highest BCUT2D eigenvalue weighted by molar-refractivity contribution is 5.79. The van der Waals surface area contributed by atoms with E-state index in [4.69, 9.17) is 9.15 Å². The molecule has 0 saturated heterocycles. The molecule has 0 spiro atoms. The highest BCUT2D eigenvalue weighted by Gasteiger charge is 2.18. The normalized spacial score (nSPS) is 10.7. The highest BCUT2D eigenvalue weighted by atomic mass is 16.5. The van der Waals surface area contributed by atoms with Gasteiger partial charge < -0.3 is 14.1 Å². The van der Waals surface area contributed by atoms with Crippen LogP contribution in [0.15, 0.2) is 94.3 Å². The lowest BCUT2D eigenvalue weighted by molar-refractivity contribution is -0.134. The lowest BCUT2D eigenvalue weighted by atomic mass is 10.1. The SMILES string of the molecule is Cc1ccc2occ(CN(Cc3ccccc3)C(=O)COc3ccccc3)c(=O)c2c1. The maximum atomic E-state index is 13.0. The molecule has 4 rings (SSSR count). The molecule has 0 bridgehead atoms. The molecule has 5 nitrogen and oxygen atoms in total. The van der Waals surface area contributed by atoms with E-state index in [9.17, 15) is 9.59 Å². The van der Waals surface area contributed by atoms with Gasteiger partial charge in [0.1, 0.15) is 11.3 Å². The van der Waals surface area contributed by atoms with E-state index >= 15 is 0 Å². The number of hydrogen-bond acceptors (Lipinski definition) is 4. The van der Waals surface area contributed by atoms with Crippen LogP contribution in [0, 0.1) is 6.92 Å². The Balaban J connectivity index is 1.59. The molecule has 0 aliphatic heterocycles. The van der Waals surface area contributed by atoms with E-state index in [1.54, 1.807) is 23.1 Å². The van der Waals surface area contributed by atoms with Crippen molar-refractivity contribution in [1.82, 2.24) is 4.90 Å². The summed E-state index contributed by atoms with van der Waals surface area (Å²) in [5.74, 6) is 0.410. The fourth-order valence-electron chi connectivity index (χ4n) is 3.39. The molecule has 0 unspecified atom stereocenters. The van der Waals surface area contributed by atoms with Gasteiger partial charge in [0, 0.05) is 6.54 Å². The first-order chi connectivity index (χ1) is 15.1. The number of para-hydroxylation sites is 1. The Labute approximate surface area is 180 Å². The van der Waals surface area contributed by atoms with Gasteiger partial charge in [-0.1, -0.05) is 60.2 Å². The zero-order chi connectivity index (χ0) is 21.6. The van der Waals surface area contributed by atoms with Gasteiger partial charge in [-0.25, -0.2) is 0 Å². The number of amides is 1. The molecule has 31 heavy (non-hydrogen) atoms. The first-order valence-corrected chi connectivity index (χ1v) is 10.1. The fourth-order valence-corrected chi connectivity index (χ4v) is 3.39. The summed E-state index contributed by atoms with van der Waals surface area (Å²) >= 11 is 0. The van der Waals surface area contributed by atoms with E-state index < -0.39 is 0 Å². The Bertz CT molecular complexity index is 1230. The molecule has 0 atom stereocenters. The monoisotopic (exact) mass is 413 g/mol. The number of benzene rings is 3. The van der Waals surface area contributed by atoms with Gasteiger partial charge in [-0.15, -0.1) is 0 Å². The summed E-state index contributed by atoms with van der Waals surface area (Å²) < 4.78 is 11.3. The minimum Gasteiger partial charge on any atom is -0.484 e. The summed E-state index contributed by atoms with van der Waals surface area (Å²) in [5.41, 5.74) is 2.79. The number of hydrogen-bond donors (Lipinski definition) is 0. The molecule has 3 aromatic carbocycles. The molecular formula is C26H23NO4. The van der Waals surface area contributed by atoms with Crippen LogP contribution >= 0.6 is 0 Å². The van der Waals surface area contributed by atoms with Crippen LogP contribution in [0.4, 0.5) is 0 Å². The number of nitrogens with zero attached hydrogens (tertiary/aromatic N) is 1. The molecule has 1 aromatic heterocycles. The zero-order valence-corrected chi connectivity index (χ0v) is 17.3. The lowest BCUT2D eigenvalue weighted by Gasteiger charge is -2.23. The maximum absolute atomic E-state index is 13.0. The molecule has 0 saturated carbocycles. The van der Waals surface area contributed by atoms with Gasteiger partial charge >= 0.3 is 0 Å². The van der Waals surface area contributed by atoms with E-state index in [1.807, 2.05) is 67.6 Å². The summed E-state index contributed by atoms with van der Waals surface area (Å²) in [5, 5.41) is 0.519. The molecule has 0 aliphatic rings. The Morgan fingerprint density at radius 2 is 1.65 bits per heavy atom. The highest BCUT2D eigenvalue weighted by Crippen LogP contribution is 2.16. The molecule has 0 N–H and O–H groups in total. The number of ether oxygens (including phenoxy) is 1. The van der Waals surface area contributed by atoms with Gasteiger partial charge in [-0.05, 0) is 36.8 Å². The maximum Gasteiger partial charge on any atom is 0.261 e. The largest absolute Gasteiger partial charge is 0.484 e. The molecule has 0 radical (unpaired) electrons. The Hall–Kier alpha value is -3.86. The van der Waals surface area contributed by atoms with Gasteiger partial charge in [0.2, 0.25) is 0 Å². The van der Waals surface area contributed by atoms with E-state index in [0.29, 0.717) is 28.8 Å². The third kappa shape index (κ3) is 5.01. The smallest absolute Gasteiger partial charge is 0.261 e. The van der Waals surface area contributed by atoms with Crippen molar-refractivity contribution in [3.63, 3.8) is 0 Å². The predicted octanol–water partition coefficient (Wildman–Crippen LogP) is 4.71. The molecular weight excluding hydrogens is 390 g/mol. The third-order valence-electron chi connectivity index (χ3n) is 5.04. The van der Waals surface area contributed by atoms with Crippen molar-refractivity contribution in [3.8, 4) is 5.75 Å². The first-order valence-electron chi connectivity index (χ1n) is 10.1. The molecule has 1 amide bonds. The average molecular weight is 413 g/mol. The summed E-state index contributed by atoms with van der Waals surface area (Å²) in [6.07, 6.45) is 1.45. The summed E-state index contributed by atoms with van der Waals surface area (Å²) in [6, 6.07) is 24.4. The van der Waals surface area contributed by atoms with Crippen molar-refractivity contribution in [2.75, 3.05) is 6.61 Å². The van der Waals surface area contributed by atoms with Crippen LogP contribution in [0.3, 0.4) is 0 Å². The van der Waals surface area contributed by atoms with Gasteiger partial charge in [0.15, 0.2) is 12.0 Å². The Morgan fingerprint density at radius 3 is 2.39 bits per heavy atom. The van der Waals surface area contributed by atoms with Crippen molar-refractivity contribution >= 4 is 16.9 Å². The molecule has 0 fully saturated rings. The van der Waals surface area contributed by atoms with Crippen LogP contribution in [0.5, 0.6) is 5.75 Å². The van der Waals surface area contributed by atoms with Gasteiger partial charge in [0.25, 0.3) is 5.91 Å². The standard InChI is InChI=1S/C26H23NO4/c1-19-12-13-24-23(14-19)26(29)21(17-31-24)16-27(15-20-8-4-2-5-9-20)25(28)18-30-22-10-6-3-7-11-22/h2-14,17H,15-16,18H2,1H3. The van der Waals surface area contributed by atoms with Crippen LogP contribution in [-0.2, 0) is 17.9 Å². The van der Waals surface area contributed by atoms with Crippen molar-refractivity contribution in [2.24, 2.45) is 0 Å². The summed E-state index contributed by atoms with van der Waals surface area (Å²) in [4.78, 5) is 27.7. The van der Waals surface area contributed by atoms with Gasteiger partial charge in [0.05, 0.1) is 23.8 Å². The number of carbonyl (C=O) groups is 1. The summed E-state index contributed by atoms with van der Waals surface area (Å²) in [6.45, 7) is 2.31. The van der Waals surface area contributed by atoms with Crippen LogP contribution < -0.4 is 10.2 Å². The number of fused-ring (bicyclic) bond motifs is 1. The zero-order valence-electron chi connectivity index (χ0n) is 17.3. The van der Waals surface area contributed by atoms with E-state index in [2.05, 4.69) is 0 Å². The first kappa shape index (κ1) is 20.4. The quantitative estimate of drug-likeness (QED) is 0.440. The second-order valence-electron chi connectivity index (χ2n) is 7.43. The van der Waals surface area contributed by atoms with E-state index in [1.165, 1.54) is 6.26 Å². The van der Waals surface area contributed by atoms with Crippen molar-refractivity contribution in [2.45, 2.75) is 20.0 Å². The Kier molecular flexibility index (Phi) is 6.13. The van der Waals surface area contributed by atoms with Gasteiger partial charge in [-0.2, -0.15) is 0 Å². The van der Waals surface area contributed by atoms with E-state index in [-0.39, 0.29) is 24.5 Å². The topological polar surface area (TPSA) is 59.8 Å². The minimum atomic E-state index is -0.212. The number of aryl methyl sites for hydroxylation is 1. The average Bonchev–Trinajstić information content (AvgIpc) is 2.80. The number of rotatable bonds is 7. The lowest BCUT2D eigenvalue weighted by Crippen LogP contribution is -2.35. The van der Waals surface area contributed by atoms with Crippen LogP contribution in [-0.4, -0.2) is 17.4 Å². The molecule has 5 heteroatoms. The Morgan fingerprint density at radius 1 is 0.935 bits per heavy atom. The molecule has 1 heterocycles. The summed E-state index contributed by atoms with van der Waals surface area (Å²) in [7, 11) is 0. The van der Waals surface area contributed by atoms with Crippen molar-refractivity contribution in [1.29, 1.82) is 0 Å². The minimum absolute atomic E-state index is 0.116. The van der Waals surface area contributed by atoms with Crippen LogP contribution in [0.25, 0.3) is 11.0 Å². The molecule has 4 aromatic rings. The fraction of sp³-hybridized carbons (Fsp3) is 0.154.